The number of rotatable bonds is 7. The minimum atomic E-state index is -2.74. The summed E-state index contributed by atoms with van der Waals surface area (Å²) in [6.45, 7) is 0. The summed E-state index contributed by atoms with van der Waals surface area (Å²) in [4.78, 5) is 44.1. The number of aliphatic hydroxyl groups is 1. The van der Waals surface area contributed by atoms with E-state index in [-0.39, 0.29) is 5.54 Å². The zero-order valence-corrected chi connectivity index (χ0v) is 24.6. The third kappa shape index (κ3) is 8.21. The second-order valence-corrected chi connectivity index (χ2v) is 11.7. The van der Waals surface area contributed by atoms with Crippen LogP contribution in [0.3, 0.4) is 0 Å². The normalized spacial score (nSPS) is 16.0. The first-order valence-corrected chi connectivity index (χ1v) is 14.7. The predicted octanol–water partition coefficient (Wildman–Crippen LogP) is 4.56. The van der Waals surface area contributed by atoms with E-state index in [0.717, 1.165) is 30.6 Å². The van der Waals surface area contributed by atoms with Crippen LogP contribution >= 0.6 is 11.8 Å². The molecule has 2 aliphatic rings. The molecule has 42 heavy (non-hydrogen) atoms. The van der Waals surface area contributed by atoms with Crippen molar-refractivity contribution in [3.05, 3.63) is 71.5 Å². The molecule has 0 bridgehead atoms. The first-order valence-electron chi connectivity index (χ1n) is 13.6. The predicted molar refractivity (Wildman–Crippen MR) is 158 cm³/mol. The van der Waals surface area contributed by atoms with E-state index in [4.69, 9.17) is 24.8 Å². The number of nitrogens with zero attached hydrogens (tertiary/aromatic N) is 1. The van der Waals surface area contributed by atoms with Crippen LogP contribution in [0.5, 0.6) is 0 Å². The van der Waals surface area contributed by atoms with Crippen molar-refractivity contribution in [2.45, 2.75) is 61.8 Å². The van der Waals surface area contributed by atoms with Gasteiger partial charge in [0.05, 0.1) is 18.6 Å². The van der Waals surface area contributed by atoms with Gasteiger partial charge in [-0.3, -0.25) is 19.3 Å². The number of carbonyl (C=O) groups is 4. The molecule has 0 amide bonds. The number of aliphatic carboxylic acids is 3. The molecule has 0 saturated heterocycles. The van der Waals surface area contributed by atoms with Crippen LogP contribution in [0.4, 0.5) is 0 Å². The number of fused-ring (bicyclic) bond motifs is 3. The van der Waals surface area contributed by atoms with Gasteiger partial charge in [-0.1, -0.05) is 48.5 Å². The van der Waals surface area contributed by atoms with E-state index < -0.39 is 36.4 Å². The lowest BCUT2D eigenvalue weighted by Crippen LogP contribution is -2.44. The zero-order chi connectivity index (χ0) is 30.9. The van der Waals surface area contributed by atoms with Gasteiger partial charge in [0.15, 0.2) is 5.60 Å². The highest BCUT2D eigenvalue weighted by atomic mass is 32.2. The Bertz CT molecular complexity index is 1370. The second-order valence-electron chi connectivity index (χ2n) is 10.6. The van der Waals surface area contributed by atoms with E-state index in [1.54, 1.807) is 0 Å². The molecule has 1 aromatic heterocycles. The number of ketones is 1. The molecule has 0 radical (unpaired) electrons. The zero-order valence-electron chi connectivity index (χ0n) is 23.7. The van der Waals surface area contributed by atoms with Gasteiger partial charge in [0, 0.05) is 29.3 Å². The molecule has 2 aromatic carbocycles. The molecule has 11 heteroatoms. The van der Waals surface area contributed by atoms with Gasteiger partial charge in [-0.05, 0) is 50.7 Å². The lowest BCUT2D eigenvalue weighted by atomic mass is 9.75. The SMILES string of the molecule is CN(C)C1(c2ccccc2)CCC(=O)CC1.O=C(O)CC(O)(CC(=O)O)C(=O)O.c1ccc2c3c(oc2c1)CSCC3. The quantitative estimate of drug-likeness (QED) is 0.301. The Hall–Kier alpha value is -3.67. The molecule has 3 aromatic rings. The van der Waals surface area contributed by atoms with Crippen LogP contribution in [0.1, 0.15) is 55.4 Å². The minimum Gasteiger partial charge on any atom is -0.481 e. The number of hydrogen-bond acceptors (Lipinski definition) is 8. The van der Waals surface area contributed by atoms with Crippen LogP contribution in [-0.4, -0.2) is 74.5 Å². The highest BCUT2D eigenvalue weighted by molar-refractivity contribution is 7.98. The lowest BCUT2D eigenvalue weighted by Gasteiger charge is -2.43. The number of furan rings is 1. The minimum absolute atomic E-state index is 0.0647. The molecule has 0 unspecified atom stereocenters. The summed E-state index contributed by atoms with van der Waals surface area (Å²) in [5.74, 6) is -1.14. The maximum Gasteiger partial charge on any atom is 0.336 e. The molecule has 1 saturated carbocycles. The second kappa shape index (κ2) is 14.5. The molecule has 2 heterocycles. The summed E-state index contributed by atoms with van der Waals surface area (Å²) in [5.41, 5.74) is 1.16. The third-order valence-corrected chi connectivity index (χ3v) is 8.56. The number of thioether (sulfide) groups is 1. The molecule has 226 valence electrons. The van der Waals surface area contributed by atoms with Gasteiger partial charge in [-0.2, -0.15) is 11.8 Å². The number of para-hydroxylation sites is 1. The van der Waals surface area contributed by atoms with Gasteiger partial charge in [-0.25, -0.2) is 4.79 Å². The largest absolute Gasteiger partial charge is 0.481 e. The van der Waals surface area contributed by atoms with Gasteiger partial charge < -0.3 is 24.8 Å². The standard InChI is InChI=1S/C14H19NO.C11H10OS.C6H8O7/c1-15(2)14(10-8-13(16)9-11-14)12-6-4-3-5-7-12;1-2-4-10-8(3-1)9-5-6-13-7-11(9)12-10;7-3(8)1-6(13,5(11)12)2-4(9)10/h3-7H,8-11H2,1-2H3;1-4H,5-7H2;13H,1-2H2,(H,7,8)(H,9,10)(H,11,12). The summed E-state index contributed by atoms with van der Waals surface area (Å²) in [5, 5.41) is 35.1. The van der Waals surface area contributed by atoms with E-state index in [1.807, 2.05) is 23.9 Å². The Morgan fingerprint density at radius 1 is 0.905 bits per heavy atom. The summed E-state index contributed by atoms with van der Waals surface area (Å²) in [7, 11) is 4.23. The Labute approximate surface area is 248 Å². The maximum atomic E-state index is 11.4. The number of carboxylic acid groups (broad SMARTS) is 3. The molecule has 0 spiro atoms. The fraction of sp³-hybridized carbons (Fsp3) is 0.419. The summed E-state index contributed by atoms with van der Waals surface area (Å²) < 4.78 is 5.77. The van der Waals surface area contributed by atoms with Crippen LogP contribution in [0.2, 0.25) is 0 Å². The van der Waals surface area contributed by atoms with Gasteiger partial charge in [0.1, 0.15) is 17.1 Å². The molecule has 5 rings (SSSR count). The van der Waals surface area contributed by atoms with Crippen molar-refractivity contribution >= 4 is 46.4 Å². The van der Waals surface area contributed by atoms with E-state index in [2.05, 4.69) is 61.5 Å². The molecule has 4 N–H and O–H groups in total. The number of hydrogen-bond donors (Lipinski definition) is 4. The van der Waals surface area contributed by atoms with Gasteiger partial charge in [0.25, 0.3) is 0 Å². The van der Waals surface area contributed by atoms with E-state index >= 15 is 0 Å². The van der Waals surface area contributed by atoms with Crippen LogP contribution in [0.25, 0.3) is 11.0 Å². The van der Waals surface area contributed by atoms with Gasteiger partial charge >= 0.3 is 17.9 Å². The van der Waals surface area contributed by atoms with Crippen molar-refractivity contribution in [2.24, 2.45) is 0 Å². The summed E-state index contributed by atoms with van der Waals surface area (Å²) >= 11 is 1.96. The highest BCUT2D eigenvalue weighted by Crippen LogP contribution is 2.39. The van der Waals surface area contributed by atoms with Crippen molar-refractivity contribution in [3.8, 4) is 0 Å². The lowest BCUT2D eigenvalue weighted by molar-refractivity contribution is -0.170. The maximum absolute atomic E-state index is 11.4. The van der Waals surface area contributed by atoms with Crippen LogP contribution in [0, 0.1) is 0 Å². The monoisotopic (exact) mass is 599 g/mol. The first kappa shape index (κ1) is 32.8. The smallest absolute Gasteiger partial charge is 0.336 e. The molecule has 1 fully saturated rings. The Morgan fingerprint density at radius 2 is 1.48 bits per heavy atom. The first-order chi connectivity index (χ1) is 19.9. The van der Waals surface area contributed by atoms with Crippen LogP contribution in [-0.2, 0) is 36.9 Å². The number of carbonyl (C=O) groups excluding carboxylic acids is 1. The number of aryl methyl sites for hydroxylation is 1. The third-order valence-electron chi connectivity index (χ3n) is 7.60. The van der Waals surface area contributed by atoms with Crippen LogP contribution in [0.15, 0.2) is 59.0 Å². The van der Waals surface area contributed by atoms with Crippen molar-refractivity contribution in [3.63, 3.8) is 0 Å². The van der Waals surface area contributed by atoms with Crippen LogP contribution < -0.4 is 0 Å². The fourth-order valence-corrected chi connectivity index (χ4v) is 6.19. The number of carboxylic acids is 3. The van der Waals surface area contributed by atoms with Gasteiger partial charge in [0.2, 0.25) is 0 Å². The van der Waals surface area contributed by atoms with E-state index in [9.17, 15) is 19.2 Å². The Balaban J connectivity index is 0.000000174. The Kier molecular flexibility index (Phi) is 11.3. The summed E-state index contributed by atoms with van der Waals surface area (Å²) in [6, 6.07) is 18.9. The highest BCUT2D eigenvalue weighted by Gasteiger charge is 2.41. The number of benzene rings is 2. The molecular formula is C31H37NO9S. The molecular weight excluding hydrogens is 562 g/mol. The van der Waals surface area contributed by atoms with Crippen molar-refractivity contribution in [1.82, 2.24) is 4.90 Å². The Morgan fingerprint density at radius 3 is 2.02 bits per heavy atom. The fourth-order valence-electron chi connectivity index (χ4n) is 5.28. The van der Waals surface area contributed by atoms with Crippen molar-refractivity contribution in [1.29, 1.82) is 0 Å². The topological polar surface area (TPSA) is 166 Å². The average molecular weight is 600 g/mol. The molecule has 10 nitrogen and oxygen atoms in total. The molecule has 1 aliphatic heterocycles. The molecule has 0 atom stereocenters. The molecule has 1 aliphatic carbocycles. The number of Topliss-reactive ketones (excluding diaryl/α,β-unsaturated/α-hetero) is 1. The van der Waals surface area contributed by atoms with Gasteiger partial charge in [-0.15, -0.1) is 0 Å². The van der Waals surface area contributed by atoms with Crippen molar-refractivity contribution in [2.75, 3.05) is 19.8 Å². The van der Waals surface area contributed by atoms with E-state index in [1.165, 1.54) is 28.0 Å². The van der Waals surface area contributed by atoms with Crippen molar-refractivity contribution < 1.29 is 44.0 Å². The average Bonchev–Trinajstić information content (AvgIpc) is 3.32. The van der Waals surface area contributed by atoms with E-state index in [0.29, 0.717) is 18.6 Å². The summed E-state index contributed by atoms with van der Waals surface area (Å²) in [6.07, 6.45) is 2.20.